The van der Waals surface area contributed by atoms with Gasteiger partial charge in [0.25, 0.3) is 0 Å². The molecule has 162 valence electrons. The van der Waals surface area contributed by atoms with Crippen molar-refractivity contribution in [3.63, 3.8) is 0 Å². The molecule has 0 saturated heterocycles. The topological polar surface area (TPSA) is 69.0 Å². The Bertz CT molecular complexity index is 1020. The maximum absolute atomic E-state index is 12.3. The van der Waals surface area contributed by atoms with Crippen LogP contribution in [0, 0.1) is 0 Å². The number of thioether (sulfide) groups is 1. The van der Waals surface area contributed by atoms with Gasteiger partial charge in [-0.15, -0.1) is 16.8 Å². The van der Waals surface area contributed by atoms with Crippen molar-refractivity contribution in [2.45, 2.75) is 38.1 Å². The number of nitrogens with zero attached hydrogens (tertiary/aromatic N) is 3. The highest BCUT2D eigenvalue weighted by Crippen LogP contribution is 2.22. The van der Waals surface area contributed by atoms with Crippen LogP contribution in [0.3, 0.4) is 0 Å². The summed E-state index contributed by atoms with van der Waals surface area (Å²) in [4.78, 5) is 12.3. The largest absolute Gasteiger partial charge is 0.486 e. The lowest BCUT2D eigenvalue weighted by Crippen LogP contribution is -2.15. The van der Waals surface area contributed by atoms with E-state index in [1.165, 1.54) is 17.3 Å². The Balaban J connectivity index is 1.59. The second-order valence-electron chi connectivity index (χ2n) is 7.15. The fourth-order valence-corrected chi connectivity index (χ4v) is 3.83. The highest BCUT2D eigenvalue weighted by Gasteiger charge is 2.14. The van der Waals surface area contributed by atoms with Crippen LogP contribution in [0.2, 0.25) is 0 Å². The molecule has 0 aliphatic heterocycles. The van der Waals surface area contributed by atoms with Gasteiger partial charge >= 0.3 is 0 Å². The van der Waals surface area contributed by atoms with Gasteiger partial charge < -0.3 is 10.1 Å². The first-order valence-corrected chi connectivity index (χ1v) is 11.7. The Morgan fingerprint density at radius 2 is 1.90 bits per heavy atom. The first-order valence-electron chi connectivity index (χ1n) is 9.90. The van der Waals surface area contributed by atoms with E-state index >= 15 is 0 Å². The third-order valence-electron chi connectivity index (χ3n) is 4.48. The molecule has 0 atom stereocenters. The first-order chi connectivity index (χ1) is 15.0. The zero-order valence-electron chi connectivity index (χ0n) is 17.5. The number of carbonyl (C=O) groups is 1. The smallest absolute Gasteiger partial charge is 0.234 e. The molecule has 0 saturated carbocycles. The molecule has 0 radical (unpaired) electrons. The maximum atomic E-state index is 12.3. The molecule has 0 spiro atoms. The molecule has 31 heavy (non-hydrogen) atoms. The number of anilines is 1. The van der Waals surface area contributed by atoms with E-state index in [0.29, 0.717) is 23.4 Å². The average Bonchev–Trinajstić information content (AvgIpc) is 3.14. The fraction of sp³-hybridized carbons (Fsp3) is 0.261. The van der Waals surface area contributed by atoms with Gasteiger partial charge in [-0.05, 0) is 47.9 Å². The zero-order chi connectivity index (χ0) is 22.2. The minimum atomic E-state index is -0.108. The molecule has 3 aromatic rings. The number of hydrogen-bond acceptors (Lipinski definition) is 5. The second-order valence-corrected chi connectivity index (χ2v) is 9.01. The van der Waals surface area contributed by atoms with Crippen molar-refractivity contribution in [1.29, 1.82) is 0 Å². The van der Waals surface area contributed by atoms with Crippen LogP contribution in [0.25, 0.3) is 0 Å². The molecule has 0 bridgehead atoms. The summed E-state index contributed by atoms with van der Waals surface area (Å²) in [5, 5.41) is 12.0. The Hall–Kier alpha value is -2.58. The van der Waals surface area contributed by atoms with Crippen LogP contribution in [0.15, 0.2) is 70.8 Å². The number of nitrogens with one attached hydrogen (secondary N) is 1. The standard InChI is InChI=1S/C23H25BrN4O2S/c1-4-13-28-21(14-30-20-11-5-17(6-12-20)16(2)3)26-27-23(28)31-15-22(29)25-19-9-7-18(24)8-10-19/h4-12,16H,1,13-15H2,2-3H3,(H,25,29). The summed E-state index contributed by atoms with van der Waals surface area (Å²) in [5.41, 5.74) is 2.02. The Labute approximate surface area is 195 Å². The highest BCUT2D eigenvalue weighted by atomic mass is 79.9. The monoisotopic (exact) mass is 500 g/mol. The quantitative estimate of drug-likeness (QED) is 0.287. The molecule has 1 amide bonds. The SMILES string of the molecule is C=CCn1c(COc2ccc(C(C)C)cc2)nnc1SCC(=O)Nc1ccc(Br)cc1. The van der Waals surface area contributed by atoms with E-state index in [1.54, 1.807) is 6.08 Å². The van der Waals surface area contributed by atoms with Gasteiger partial charge in [0.15, 0.2) is 11.0 Å². The van der Waals surface area contributed by atoms with Crippen molar-refractivity contribution >= 4 is 39.3 Å². The molecule has 1 aromatic heterocycles. The van der Waals surface area contributed by atoms with E-state index in [1.807, 2.05) is 41.0 Å². The van der Waals surface area contributed by atoms with Crippen LogP contribution in [0.4, 0.5) is 5.69 Å². The van der Waals surface area contributed by atoms with E-state index in [9.17, 15) is 4.79 Å². The number of carbonyl (C=O) groups excluding carboxylic acids is 1. The van der Waals surface area contributed by atoms with Crippen molar-refractivity contribution in [1.82, 2.24) is 14.8 Å². The number of ether oxygens (including phenoxy) is 1. The summed E-state index contributed by atoms with van der Waals surface area (Å²) in [6.45, 7) is 8.95. The predicted octanol–water partition coefficient (Wildman–Crippen LogP) is 5.66. The van der Waals surface area contributed by atoms with E-state index in [2.05, 4.69) is 64.0 Å². The summed E-state index contributed by atoms with van der Waals surface area (Å²) >= 11 is 4.71. The molecule has 1 heterocycles. The Morgan fingerprint density at radius 1 is 1.19 bits per heavy atom. The molecule has 1 N–H and O–H groups in total. The van der Waals surface area contributed by atoms with Crippen molar-refractivity contribution in [3.8, 4) is 5.75 Å². The number of amides is 1. The zero-order valence-corrected chi connectivity index (χ0v) is 19.9. The highest BCUT2D eigenvalue weighted by molar-refractivity contribution is 9.10. The van der Waals surface area contributed by atoms with E-state index in [4.69, 9.17) is 4.74 Å². The summed E-state index contributed by atoms with van der Waals surface area (Å²) in [6, 6.07) is 15.5. The van der Waals surface area contributed by atoms with Gasteiger partial charge in [0.2, 0.25) is 5.91 Å². The number of allylic oxidation sites excluding steroid dienone is 1. The lowest BCUT2D eigenvalue weighted by atomic mass is 10.0. The number of aromatic nitrogens is 3. The van der Waals surface area contributed by atoms with Gasteiger partial charge in [-0.1, -0.05) is 59.7 Å². The van der Waals surface area contributed by atoms with E-state index in [-0.39, 0.29) is 18.3 Å². The van der Waals surface area contributed by atoms with Crippen LogP contribution in [0.5, 0.6) is 5.75 Å². The third kappa shape index (κ3) is 6.70. The van der Waals surface area contributed by atoms with Gasteiger partial charge in [-0.2, -0.15) is 0 Å². The second kappa shape index (κ2) is 11.2. The summed E-state index contributed by atoms with van der Waals surface area (Å²) in [5.74, 6) is 2.06. The molecule has 0 fully saturated rings. The molecule has 0 aliphatic rings. The predicted molar refractivity (Wildman–Crippen MR) is 129 cm³/mol. The number of halogens is 1. The fourth-order valence-electron chi connectivity index (χ4n) is 2.80. The molecule has 3 rings (SSSR count). The normalized spacial score (nSPS) is 10.8. The minimum absolute atomic E-state index is 0.108. The van der Waals surface area contributed by atoms with Crippen molar-refractivity contribution in [2.75, 3.05) is 11.1 Å². The minimum Gasteiger partial charge on any atom is -0.486 e. The van der Waals surface area contributed by atoms with Crippen molar-refractivity contribution in [3.05, 3.63) is 77.0 Å². The van der Waals surface area contributed by atoms with E-state index < -0.39 is 0 Å². The van der Waals surface area contributed by atoms with Gasteiger partial charge in [-0.3, -0.25) is 9.36 Å². The Morgan fingerprint density at radius 3 is 2.55 bits per heavy atom. The van der Waals surface area contributed by atoms with Gasteiger partial charge in [-0.25, -0.2) is 0 Å². The van der Waals surface area contributed by atoms with Crippen LogP contribution < -0.4 is 10.1 Å². The third-order valence-corrected chi connectivity index (χ3v) is 5.98. The van der Waals surface area contributed by atoms with Crippen LogP contribution in [-0.2, 0) is 17.9 Å². The van der Waals surface area contributed by atoms with Crippen molar-refractivity contribution in [2.24, 2.45) is 0 Å². The van der Waals surface area contributed by atoms with Crippen LogP contribution in [0.1, 0.15) is 31.2 Å². The number of benzene rings is 2. The Kier molecular flexibility index (Phi) is 8.31. The molecule has 6 nitrogen and oxygen atoms in total. The number of hydrogen-bond donors (Lipinski definition) is 1. The van der Waals surface area contributed by atoms with Gasteiger partial charge in [0, 0.05) is 16.7 Å². The maximum Gasteiger partial charge on any atom is 0.234 e. The molecule has 0 aliphatic carbocycles. The molecule has 8 heteroatoms. The van der Waals surface area contributed by atoms with E-state index in [0.717, 1.165) is 15.9 Å². The van der Waals surface area contributed by atoms with Crippen LogP contribution >= 0.6 is 27.7 Å². The van der Waals surface area contributed by atoms with Gasteiger partial charge in [0.05, 0.1) is 5.75 Å². The summed E-state index contributed by atoms with van der Waals surface area (Å²) in [6.07, 6.45) is 1.77. The number of rotatable bonds is 10. The van der Waals surface area contributed by atoms with Crippen molar-refractivity contribution < 1.29 is 9.53 Å². The molecular formula is C23H25BrN4O2S. The molecule has 0 unspecified atom stereocenters. The lowest BCUT2D eigenvalue weighted by Gasteiger charge is -2.10. The van der Waals surface area contributed by atoms with Gasteiger partial charge in [0.1, 0.15) is 12.4 Å². The lowest BCUT2D eigenvalue weighted by molar-refractivity contribution is -0.113. The summed E-state index contributed by atoms with van der Waals surface area (Å²) < 4.78 is 8.76. The first kappa shape index (κ1) is 23.1. The molecular weight excluding hydrogens is 476 g/mol. The molecule has 2 aromatic carbocycles. The van der Waals surface area contributed by atoms with Crippen LogP contribution in [-0.4, -0.2) is 26.4 Å². The average molecular weight is 501 g/mol. The summed E-state index contributed by atoms with van der Waals surface area (Å²) in [7, 11) is 0.